The van der Waals surface area contributed by atoms with Crippen molar-refractivity contribution in [1.82, 2.24) is 19.4 Å². The van der Waals surface area contributed by atoms with Gasteiger partial charge in [0.2, 0.25) is 0 Å². The molecule has 0 aliphatic rings. The zero-order valence-electron chi connectivity index (χ0n) is 22.9. The molecule has 1 atom stereocenters. The van der Waals surface area contributed by atoms with Crippen LogP contribution in [0.4, 0.5) is 13.6 Å². The Balaban J connectivity index is 2.20. The van der Waals surface area contributed by atoms with Crippen molar-refractivity contribution in [3.05, 3.63) is 77.8 Å². The summed E-state index contributed by atoms with van der Waals surface area (Å²) in [5.74, 6) is -0.0479. The van der Waals surface area contributed by atoms with E-state index in [1.54, 1.807) is 37.2 Å². The first-order valence-corrected chi connectivity index (χ1v) is 12.5. The molecule has 0 spiro atoms. The molecule has 6 nitrogen and oxygen atoms in total. The highest BCUT2D eigenvalue weighted by Crippen LogP contribution is 2.40. The molecule has 8 heteroatoms. The predicted molar refractivity (Wildman–Crippen MR) is 144 cm³/mol. The highest BCUT2D eigenvalue weighted by atomic mass is 19.1. The van der Waals surface area contributed by atoms with Crippen molar-refractivity contribution in [2.45, 2.75) is 59.2 Å². The van der Waals surface area contributed by atoms with Gasteiger partial charge in [0.1, 0.15) is 17.5 Å². The highest BCUT2D eigenvalue weighted by molar-refractivity contribution is 5.74. The lowest BCUT2D eigenvalue weighted by Crippen LogP contribution is -2.49. The monoisotopic (exact) mass is 511 g/mol. The number of hydrogen-bond acceptors (Lipinski definition) is 3. The number of carbonyl (C=O) groups excluding carboxylic acids is 1. The maximum Gasteiger partial charge on any atom is 0.320 e. The standard InChI is InChI=1S/C29H39F2N5O/c1-28(2,3)25(36(27(37)34(6)7)15-14-29(4,5)32)26-33-24(21-11-9-13-23(31)17-21)19-35(26)18-20-10-8-12-22(30)16-20/h8-13,16-17,19,25H,14-15,18,32H2,1-7H3/t25-/m0/s1. The summed E-state index contributed by atoms with van der Waals surface area (Å²) in [6.45, 7) is 10.8. The number of amides is 2. The van der Waals surface area contributed by atoms with E-state index in [0.717, 1.165) is 5.56 Å². The molecule has 0 aliphatic carbocycles. The third kappa shape index (κ3) is 7.38. The predicted octanol–water partition coefficient (Wildman–Crippen LogP) is 6.07. The van der Waals surface area contributed by atoms with Crippen LogP contribution in [0.5, 0.6) is 0 Å². The SMILES string of the molecule is CN(C)C(=O)N(CCC(C)(C)N)[C@@H](c1nc(-c2cccc(F)c2)cn1Cc1cccc(F)c1)C(C)(C)C. The molecule has 3 aromatic rings. The Morgan fingerprint density at radius 3 is 2.19 bits per heavy atom. The van der Waals surface area contributed by atoms with E-state index in [0.29, 0.717) is 36.6 Å². The fraction of sp³-hybridized carbons (Fsp3) is 0.448. The van der Waals surface area contributed by atoms with Crippen molar-refractivity contribution in [2.24, 2.45) is 11.1 Å². The summed E-state index contributed by atoms with van der Waals surface area (Å²) in [5.41, 5.74) is 7.37. The Morgan fingerprint density at radius 1 is 1.03 bits per heavy atom. The van der Waals surface area contributed by atoms with Gasteiger partial charge in [-0.1, -0.05) is 45.0 Å². The van der Waals surface area contributed by atoms with Gasteiger partial charge in [0.25, 0.3) is 0 Å². The highest BCUT2D eigenvalue weighted by Gasteiger charge is 2.39. The summed E-state index contributed by atoms with van der Waals surface area (Å²) in [4.78, 5) is 21.9. The van der Waals surface area contributed by atoms with Crippen molar-refractivity contribution < 1.29 is 13.6 Å². The van der Waals surface area contributed by atoms with Gasteiger partial charge in [-0.3, -0.25) is 0 Å². The van der Waals surface area contributed by atoms with E-state index in [-0.39, 0.29) is 17.7 Å². The van der Waals surface area contributed by atoms with Crippen LogP contribution in [0, 0.1) is 17.0 Å². The van der Waals surface area contributed by atoms with E-state index in [1.165, 1.54) is 24.3 Å². The minimum Gasteiger partial charge on any atom is -0.331 e. The van der Waals surface area contributed by atoms with E-state index in [1.807, 2.05) is 35.6 Å². The molecular weight excluding hydrogens is 472 g/mol. The van der Waals surface area contributed by atoms with Crippen molar-refractivity contribution in [3.8, 4) is 11.3 Å². The van der Waals surface area contributed by atoms with Crippen LogP contribution < -0.4 is 5.73 Å². The molecule has 3 rings (SSSR count). The molecule has 0 radical (unpaired) electrons. The van der Waals surface area contributed by atoms with E-state index in [4.69, 9.17) is 10.7 Å². The number of halogens is 2. The average molecular weight is 512 g/mol. The first kappa shape index (κ1) is 28.3. The topological polar surface area (TPSA) is 67.4 Å². The van der Waals surface area contributed by atoms with Crippen LogP contribution in [0.3, 0.4) is 0 Å². The van der Waals surface area contributed by atoms with Gasteiger partial charge >= 0.3 is 6.03 Å². The summed E-state index contributed by atoms with van der Waals surface area (Å²) >= 11 is 0. The van der Waals surface area contributed by atoms with Crippen molar-refractivity contribution >= 4 is 6.03 Å². The molecule has 2 amide bonds. The molecule has 2 aromatic carbocycles. The molecule has 200 valence electrons. The van der Waals surface area contributed by atoms with Gasteiger partial charge in [0, 0.05) is 44.5 Å². The van der Waals surface area contributed by atoms with Crippen molar-refractivity contribution in [3.63, 3.8) is 0 Å². The van der Waals surface area contributed by atoms with Crippen LogP contribution in [0.2, 0.25) is 0 Å². The Morgan fingerprint density at radius 2 is 1.65 bits per heavy atom. The normalized spacial score (nSPS) is 12.9. The zero-order valence-corrected chi connectivity index (χ0v) is 22.9. The van der Waals surface area contributed by atoms with Crippen LogP contribution in [-0.2, 0) is 6.54 Å². The minimum absolute atomic E-state index is 0.156. The first-order chi connectivity index (χ1) is 17.2. The molecule has 0 aliphatic heterocycles. The Bertz CT molecular complexity index is 1220. The molecule has 0 fully saturated rings. The van der Waals surface area contributed by atoms with E-state index < -0.39 is 17.0 Å². The summed E-state index contributed by atoms with van der Waals surface area (Å²) < 4.78 is 30.1. The molecule has 1 heterocycles. The molecule has 2 N–H and O–H groups in total. The number of nitrogens with zero attached hydrogens (tertiary/aromatic N) is 4. The van der Waals surface area contributed by atoms with E-state index in [2.05, 4.69) is 20.8 Å². The van der Waals surface area contributed by atoms with Crippen LogP contribution >= 0.6 is 0 Å². The number of hydrogen-bond donors (Lipinski definition) is 1. The smallest absolute Gasteiger partial charge is 0.320 e. The maximum atomic E-state index is 14.1. The lowest BCUT2D eigenvalue weighted by Gasteiger charge is -2.42. The van der Waals surface area contributed by atoms with Gasteiger partial charge in [-0.05, 0) is 55.5 Å². The molecule has 1 aromatic heterocycles. The first-order valence-electron chi connectivity index (χ1n) is 12.5. The molecule has 0 saturated carbocycles. The Labute approximate surface area is 219 Å². The Kier molecular flexibility index (Phi) is 8.42. The lowest BCUT2D eigenvalue weighted by atomic mass is 9.84. The number of imidazole rings is 1. The Hall–Kier alpha value is -3.26. The fourth-order valence-corrected chi connectivity index (χ4v) is 4.39. The summed E-state index contributed by atoms with van der Waals surface area (Å²) in [6.07, 6.45) is 2.43. The molecule has 0 bridgehead atoms. The quantitative estimate of drug-likeness (QED) is 0.399. The van der Waals surface area contributed by atoms with E-state index >= 15 is 0 Å². The lowest BCUT2D eigenvalue weighted by molar-refractivity contribution is 0.0881. The van der Waals surface area contributed by atoms with Crippen LogP contribution in [0.1, 0.15) is 58.5 Å². The maximum absolute atomic E-state index is 14.1. The number of nitrogens with two attached hydrogens (primary N) is 1. The number of rotatable bonds is 8. The largest absolute Gasteiger partial charge is 0.331 e. The molecular formula is C29H39F2N5O. The van der Waals surface area contributed by atoms with Crippen molar-refractivity contribution in [1.29, 1.82) is 0 Å². The van der Waals surface area contributed by atoms with Gasteiger partial charge in [-0.15, -0.1) is 0 Å². The van der Waals surface area contributed by atoms with Gasteiger partial charge in [0.05, 0.1) is 11.7 Å². The molecule has 37 heavy (non-hydrogen) atoms. The second kappa shape index (κ2) is 11.0. The van der Waals surface area contributed by atoms with Gasteiger partial charge in [-0.25, -0.2) is 18.6 Å². The van der Waals surface area contributed by atoms with Crippen LogP contribution in [0.15, 0.2) is 54.7 Å². The zero-order chi connectivity index (χ0) is 27.5. The average Bonchev–Trinajstić information content (AvgIpc) is 3.17. The fourth-order valence-electron chi connectivity index (χ4n) is 4.39. The molecule has 0 saturated heterocycles. The third-order valence-electron chi connectivity index (χ3n) is 6.17. The second-order valence-corrected chi connectivity index (χ2v) is 11.6. The van der Waals surface area contributed by atoms with Gasteiger partial charge < -0.3 is 20.1 Å². The summed E-state index contributed by atoms with van der Waals surface area (Å²) in [7, 11) is 3.44. The summed E-state index contributed by atoms with van der Waals surface area (Å²) in [5, 5.41) is 0. The third-order valence-corrected chi connectivity index (χ3v) is 6.17. The minimum atomic E-state index is -0.475. The van der Waals surface area contributed by atoms with E-state index in [9.17, 15) is 13.6 Å². The molecule has 0 unspecified atom stereocenters. The van der Waals surface area contributed by atoms with Gasteiger partial charge in [-0.2, -0.15) is 0 Å². The number of benzene rings is 2. The van der Waals surface area contributed by atoms with Crippen LogP contribution in [0.25, 0.3) is 11.3 Å². The number of urea groups is 1. The number of aromatic nitrogens is 2. The van der Waals surface area contributed by atoms with Gasteiger partial charge in [0.15, 0.2) is 0 Å². The summed E-state index contributed by atoms with van der Waals surface area (Å²) in [6, 6.07) is 12.1. The number of carbonyl (C=O) groups is 1. The van der Waals surface area contributed by atoms with Crippen molar-refractivity contribution in [2.75, 3.05) is 20.6 Å². The second-order valence-electron chi connectivity index (χ2n) is 11.6. The van der Waals surface area contributed by atoms with Crippen LogP contribution in [-0.4, -0.2) is 51.6 Å².